The Balaban J connectivity index is 1.77. The van der Waals surface area contributed by atoms with E-state index in [1.807, 2.05) is 0 Å². The molecule has 1 aromatic heterocycles. The van der Waals surface area contributed by atoms with Gasteiger partial charge in [-0.2, -0.15) is 4.37 Å². The van der Waals surface area contributed by atoms with Gasteiger partial charge in [-0.3, -0.25) is 0 Å². The third-order valence-corrected chi connectivity index (χ3v) is 4.03. The van der Waals surface area contributed by atoms with Crippen molar-refractivity contribution in [1.29, 1.82) is 0 Å². The second-order valence-electron chi connectivity index (χ2n) is 5.24. The number of likely N-dealkylation sites (tertiary alicyclic amines) is 1. The molecule has 1 aromatic rings. The third-order valence-electron chi connectivity index (χ3n) is 3.34. The molecule has 0 unspecified atom stereocenters. The molecule has 0 aliphatic carbocycles. The van der Waals surface area contributed by atoms with E-state index < -0.39 is 0 Å². The van der Waals surface area contributed by atoms with E-state index in [1.54, 1.807) is 0 Å². The van der Waals surface area contributed by atoms with Crippen LogP contribution in [-0.4, -0.2) is 40.9 Å². The van der Waals surface area contributed by atoms with E-state index in [0.717, 1.165) is 23.4 Å². The fraction of sp³-hybridized carbons (Fsp3) is 0.833. The van der Waals surface area contributed by atoms with E-state index in [2.05, 4.69) is 40.5 Å². The molecule has 0 bridgehead atoms. The predicted molar refractivity (Wildman–Crippen MR) is 72.7 cm³/mol. The smallest absolute Gasteiger partial charge is 0.202 e. The minimum absolute atomic E-state index is 0.421. The quantitative estimate of drug-likeness (QED) is 0.896. The van der Waals surface area contributed by atoms with Gasteiger partial charge in [0.05, 0.1) is 0 Å². The summed E-state index contributed by atoms with van der Waals surface area (Å²) < 4.78 is 4.35. The normalized spacial score (nSPS) is 18.8. The Morgan fingerprint density at radius 2 is 2.12 bits per heavy atom. The van der Waals surface area contributed by atoms with Crippen LogP contribution in [0.2, 0.25) is 0 Å². The molecule has 1 saturated heterocycles. The first-order chi connectivity index (χ1) is 8.15. The summed E-state index contributed by atoms with van der Waals surface area (Å²) in [6, 6.07) is 0. The van der Waals surface area contributed by atoms with Crippen LogP contribution in [0.5, 0.6) is 0 Å². The molecule has 0 saturated carbocycles. The summed E-state index contributed by atoms with van der Waals surface area (Å²) in [5, 5.41) is 4.41. The van der Waals surface area contributed by atoms with Gasteiger partial charge in [-0.25, -0.2) is 4.98 Å². The Bertz CT molecular complexity index is 342. The van der Waals surface area contributed by atoms with Crippen LogP contribution in [0.15, 0.2) is 0 Å². The SMILES string of the molecule is CC(C)c1nsc(NCC2CCN(C)CC2)n1. The first-order valence-electron chi connectivity index (χ1n) is 6.41. The maximum Gasteiger partial charge on any atom is 0.202 e. The highest BCUT2D eigenvalue weighted by molar-refractivity contribution is 7.09. The molecule has 0 aromatic carbocycles. The Hall–Kier alpha value is -0.680. The van der Waals surface area contributed by atoms with Gasteiger partial charge in [0.2, 0.25) is 5.13 Å². The molecule has 1 fully saturated rings. The topological polar surface area (TPSA) is 41.1 Å². The number of anilines is 1. The number of nitrogens with zero attached hydrogens (tertiary/aromatic N) is 3. The van der Waals surface area contributed by atoms with E-state index in [9.17, 15) is 0 Å². The number of hydrogen-bond acceptors (Lipinski definition) is 5. The molecule has 2 rings (SSSR count). The highest BCUT2D eigenvalue weighted by Crippen LogP contribution is 2.20. The van der Waals surface area contributed by atoms with Crippen molar-refractivity contribution in [2.45, 2.75) is 32.6 Å². The van der Waals surface area contributed by atoms with Gasteiger partial charge in [0.1, 0.15) is 5.82 Å². The zero-order valence-electron chi connectivity index (χ0n) is 10.9. The van der Waals surface area contributed by atoms with Crippen LogP contribution in [0.3, 0.4) is 0 Å². The van der Waals surface area contributed by atoms with Crippen molar-refractivity contribution < 1.29 is 0 Å². The van der Waals surface area contributed by atoms with Gasteiger partial charge in [0.15, 0.2) is 0 Å². The molecule has 1 N–H and O–H groups in total. The minimum Gasteiger partial charge on any atom is -0.360 e. The zero-order valence-corrected chi connectivity index (χ0v) is 11.8. The van der Waals surface area contributed by atoms with E-state index in [4.69, 9.17) is 0 Å². The lowest BCUT2D eigenvalue weighted by atomic mass is 9.97. The average Bonchev–Trinajstić information content (AvgIpc) is 2.77. The molecule has 1 aliphatic rings. The Morgan fingerprint density at radius 3 is 2.71 bits per heavy atom. The molecular formula is C12H22N4S. The molecule has 96 valence electrons. The van der Waals surface area contributed by atoms with Gasteiger partial charge in [0.25, 0.3) is 0 Å². The van der Waals surface area contributed by atoms with Gasteiger partial charge >= 0.3 is 0 Å². The number of aromatic nitrogens is 2. The number of hydrogen-bond donors (Lipinski definition) is 1. The fourth-order valence-electron chi connectivity index (χ4n) is 2.04. The number of rotatable bonds is 4. The van der Waals surface area contributed by atoms with E-state index >= 15 is 0 Å². The molecule has 0 amide bonds. The Morgan fingerprint density at radius 1 is 1.41 bits per heavy atom. The summed E-state index contributed by atoms with van der Waals surface area (Å²) in [6.45, 7) is 7.74. The highest BCUT2D eigenvalue weighted by atomic mass is 32.1. The lowest BCUT2D eigenvalue weighted by Crippen LogP contribution is -2.32. The van der Waals surface area contributed by atoms with Crippen LogP contribution in [0.25, 0.3) is 0 Å². The lowest BCUT2D eigenvalue weighted by molar-refractivity contribution is 0.226. The van der Waals surface area contributed by atoms with Crippen LogP contribution in [-0.2, 0) is 0 Å². The zero-order chi connectivity index (χ0) is 12.3. The first-order valence-corrected chi connectivity index (χ1v) is 7.18. The molecule has 1 aliphatic heterocycles. The summed E-state index contributed by atoms with van der Waals surface area (Å²) in [4.78, 5) is 6.90. The summed E-state index contributed by atoms with van der Waals surface area (Å²) >= 11 is 1.48. The van der Waals surface area contributed by atoms with Crippen molar-refractivity contribution >= 4 is 16.7 Å². The monoisotopic (exact) mass is 254 g/mol. The molecule has 5 heteroatoms. The van der Waals surface area contributed by atoms with Gasteiger partial charge < -0.3 is 10.2 Å². The lowest BCUT2D eigenvalue weighted by Gasteiger charge is -2.28. The van der Waals surface area contributed by atoms with Crippen LogP contribution >= 0.6 is 11.5 Å². The Kier molecular flexibility index (Phi) is 4.34. The number of nitrogens with one attached hydrogen (secondary N) is 1. The van der Waals surface area contributed by atoms with Crippen LogP contribution in [0.1, 0.15) is 38.4 Å². The molecular weight excluding hydrogens is 232 g/mol. The van der Waals surface area contributed by atoms with Crippen molar-refractivity contribution in [2.75, 3.05) is 32.0 Å². The van der Waals surface area contributed by atoms with E-state index in [1.165, 1.54) is 37.5 Å². The van der Waals surface area contributed by atoms with Crippen molar-refractivity contribution in [3.8, 4) is 0 Å². The van der Waals surface area contributed by atoms with Gasteiger partial charge in [-0.05, 0) is 38.9 Å². The standard InChI is InChI=1S/C12H22N4S/c1-9(2)11-14-12(17-15-11)13-8-10-4-6-16(3)7-5-10/h9-10H,4-8H2,1-3H3,(H,13,14,15). The third kappa shape index (κ3) is 3.64. The van der Waals surface area contributed by atoms with Gasteiger partial charge in [-0.15, -0.1) is 0 Å². The highest BCUT2D eigenvalue weighted by Gasteiger charge is 2.17. The summed E-state index contributed by atoms with van der Waals surface area (Å²) in [5.74, 6) is 2.17. The van der Waals surface area contributed by atoms with Gasteiger partial charge in [-0.1, -0.05) is 13.8 Å². The van der Waals surface area contributed by atoms with Crippen molar-refractivity contribution in [3.63, 3.8) is 0 Å². The summed E-state index contributed by atoms with van der Waals surface area (Å²) in [6.07, 6.45) is 2.58. The maximum atomic E-state index is 4.49. The van der Waals surface area contributed by atoms with E-state index in [0.29, 0.717) is 5.92 Å². The molecule has 0 atom stereocenters. The molecule has 4 nitrogen and oxygen atoms in total. The first kappa shape index (κ1) is 12.8. The predicted octanol–water partition coefficient (Wildman–Crippen LogP) is 2.42. The molecule has 0 spiro atoms. The van der Waals surface area contributed by atoms with Crippen LogP contribution in [0.4, 0.5) is 5.13 Å². The average molecular weight is 254 g/mol. The van der Waals surface area contributed by atoms with Crippen molar-refractivity contribution in [2.24, 2.45) is 5.92 Å². The largest absolute Gasteiger partial charge is 0.360 e. The molecule has 0 radical (unpaired) electrons. The summed E-state index contributed by atoms with van der Waals surface area (Å²) in [7, 11) is 2.20. The molecule has 2 heterocycles. The number of piperidine rings is 1. The van der Waals surface area contributed by atoms with E-state index in [-0.39, 0.29) is 0 Å². The summed E-state index contributed by atoms with van der Waals surface area (Å²) in [5.41, 5.74) is 0. The van der Waals surface area contributed by atoms with Gasteiger partial charge in [0, 0.05) is 24.0 Å². The second-order valence-corrected chi connectivity index (χ2v) is 5.99. The maximum absolute atomic E-state index is 4.49. The van der Waals surface area contributed by atoms with Crippen molar-refractivity contribution in [3.05, 3.63) is 5.82 Å². The second kappa shape index (κ2) is 5.78. The van der Waals surface area contributed by atoms with Crippen LogP contribution in [0, 0.1) is 5.92 Å². The minimum atomic E-state index is 0.421. The molecule has 17 heavy (non-hydrogen) atoms. The van der Waals surface area contributed by atoms with Crippen molar-refractivity contribution in [1.82, 2.24) is 14.3 Å². The Labute approximate surface area is 108 Å². The van der Waals surface area contributed by atoms with Crippen LogP contribution < -0.4 is 5.32 Å². The fourth-order valence-corrected chi connectivity index (χ4v) is 2.75.